The molecule has 25 heavy (non-hydrogen) atoms. The van der Waals surface area contributed by atoms with Gasteiger partial charge in [0.25, 0.3) is 5.91 Å². The van der Waals surface area contributed by atoms with Crippen molar-refractivity contribution in [2.45, 2.75) is 19.8 Å². The molecule has 0 aliphatic heterocycles. The summed E-state index contributed by atoms with van der Waals surface area (Å²) in [6.45, 7) is 4.05. The molecule has 0 heterocycles. The molecule has 2 aromatic rings. The molecule has 5 nitrogen and oxygen atoms in total. The fourth-order valence-electron chi connectivity index (χ4n) is 2.41. The van der Waals surface area contributed by atoms with Gasteiger partial charge in [-0.1, -0.05) is 48.9 Å². The molecule has 2 aromatic carbocycles. The van der Waals surface area contributed by atoms with Crippen LogP contribution in [0.15, 0.2) is 48.5 Å². The topological polar surface area (TPSA) is 64.6 Å². The molecule has 0 bridgehead atoms. The second-order valence-electron chi connectivity index (χ2n) is 5.90. The van der Waals surface area contributed by atoms with Crippen molar-refractivity contribution >= 4 is 11.9 Å². The largest absolute Gasteiger partial charge is 0.496 e. The lowest BCUT2D eigenvalue weighted by Crippen LogP contribution is -2.31. The minimum atomic E-state index is -0.577. The van der Waals surface area contributed by atoms with Gasteiger partial charge in [0.05, 0.1) is 7.11 Å². The van der Waals surface area contributed by atoms with E-state index in [4.69, 9.17) is 9.47 Å². The SMILES string of the molecule is COc1ccc(C)cc1C(=O)OCC(=O)NC[C@@H](C)c1ccccc1. The van der Waals surface area contributed by atoms with Gasteiger partial charge in [0.2, 0.25) is 0 Å². The fraction of sp³-hybridized carbons (Fsp3) is 0.300. The number of rotatable bonds is 7. The highest BCUT2D eigenvalue weighted by Gasteiger charge is 2.16. The predicted molar refractivity (Wildman–Crippen MR) is 95.9 cm³/mol. The zero-order valence-electron chi connectivity index (χ0n) is 14.7. The number of esters is 1. The molecule has 0 aliphatic carbocycles. The van der Waals surface area contributed by atoms with Crippen LogP contribution in [0.2, 0.25) is 0 Å². The van der Waals surface area contributed by atoms with Gasteiger partial charge >= 0.3 is 5.97 Å². The summed E-state index contributed by atoms with van der Waals surface area (Å²) >= 11 is 0. The number of carbonyl (C=O) groups excluding carboxylic acids is 2. The molecule has 0 saturated carbocycles. The first kappa shape index (κ1) is 18.5. The lowest BCUT2D eigenvalue weighted by Gasteiger charge is -2.13. The van der Waals surface area contributed by atoms with Crippen molar-refractivity contribution in [2.75, 3.05) is 20.3 Å². The molecule has 0 aliphatic rings. The predicted octanol–water partition coefficient (Wildman–Crippen LogP) is 3.08. The zero-order chi connectivity index (χ0) is 18.2. The Balaban J connectivity index is 1.84. The van der Waals surface area contributed by atoms with Gasteiger partial charge in [0.15, 0.2) is 6.61 Å². The van der Waals surface area contributed by atoms with Gasteiger partial charge in [-0.3, -0.25) is 4.79 Å². The van der Waals surface area contributed by atoms with E-state index in [1.807, 2.05) is 50.2 Å². The van der Waals surface area contributed by atoms with Crippen LogP contribution in [-0.2, 0) is 9.53 Å². The molecule has 0 saturated heterocycles. The smallest absolute Gasteiger partial charge is 0.342 e. The summed E-state index contributed by atoms with van der Waals surface area (Å²) < 4.78 is 10.2. The van der Waals surface area contributed by atoms with Crippen LogP contribution in [0.25, 0.3) is 0 Å². The third-order valence-corrected chi connectivity index (χ3v) is 3.88. The van der Waals surface area contributed by atoms with Gasteiger partial charge in [-0.25, -0.2) is 4.79 Å². The van der Waals surface area contributed by atoms with Crippen LogP contribution in [0.3, 0.4) is 0 Å². The third-order valence-electron chi connectivity index (χ3n) is 3.88. The summed E-state index contributed by atoms with van der Waals surface area (Å²) in [5.74, 6) is -0.305. The lowest BCUT2D eigenvalue weighted by molar-refractivity contribution is -0.124. The van der Waals surface area contributed by atoms with Crippen molar-refractivity contribution in [2.24, 2.45) is 0 Å². The average Bonchev–Trinajstić information content (AvgIpc) is 2.64. The summed E-state index contributed by atoms with van der Waals surface area (Å²) in [5.41, 5.74) is 2.37. The van der Waals surface area contributed by atoms with Crippen LogP contribution in [0, 0.1) is 6.92 Å². The van der Waals surface area contributed by atoms with E-state index in [2.05, 4.69) is 5.32 Å². The molecular formula is C20H23NO4. The first-order valence-corrected chi connectivity index (χ1v) is 8.14. The summed E-state index contributed by atoms with van der Waals surface area (Å²) in [7, 11) is 1.49. The van der Waals surface area contributed by atoms with Gasteiger partial charge in [-0.2, -0.15) is 0 Å². The molecule has 2 rings (SSSR count). The molecule has 5 heteroatoms. The maximum atomic E-state index is 12.2. The number of hydrogen-bond acceptors (Lipinski definition) is 4. The number of methoxy groups -OCH3 is 1. The number of ether oxygens (including phenoxy) is 2. The van der Waals surface area contributed by atoms with Crippen molar-refractivity contribution in [1.82, 2.24) is 5.32 Å². The van der Waals surface area contributed by atoms with Gasteiger partial charge in [-0.05, 0) is 30.5 Å². The Hall–Kier alpha value is -2.82. The van der Waals surface area contributed by atoms with Crippen LogP contribution in [-0.4, -0.2) is 32.1 Å². The number of amides is 1. The highest BCUT2D eigenvalue weighted by Crippen LogP contribution is 2.20. The Morgan fingerprint density at radius 3 is 2.52 bits per heavy atom. The standard InChI is InChI=1S/C20H23NO4/c1-14-9-10-18(24-3)17(11-14)20(23)25-13-19(22)21-12-15(2)16-7-5-4-6-8-16/h4-11,15H,12-13H2,1-3H3,(H,21,22)/t15-/m1/s1. The summed E-state index contributed by atoms with van der Waals surface area (Å²) in [4.78, 5) is 24.1. The number of carbonyl (C=O) groups is 2. The molecule has 0 radical (unpaired) electrons. The summed E-state index contributed by atoms with van der Waals surface area (Å²) in [6.07, 6.45) is 0. The molecule has 132 valence electrons. The summed E-state index contributed by atoms with van der Waals surface area (Å²) in [5, 5.41) is 2.78. The minimum Gasteiger partial charge on any atom is -0.496 e. The lowest BCUT2D eigenvalue weighted by atomic mass is 10.0. The Labute approximate surface area is 148 Å². The monoisotopic (exact) mass is 341 g/mol. The summed E-state index contributed by atoms with van der Waals surface area (Å²) in [6, 6.07) is 15.1. The fourth-order valence-corrected chi connectivity index (χ4v) is 2.41. The van der Waals surface area contributed by atoms with Crippen molar-refractivity contribution < 1.29 is 19.1 Å². The molecule has 0 aromatic heterocycles. The van der Waals surface area contributed by atoms with Crippen molar-refractivity contribution in [3.8, 4) is 5.75 Å². The van der Waals surface area contributed by atoms with Gasteiger partial charge in [0, 0.05) is 6.54 Å². The van der Waals surface area contributed by atoms with E-state index in [1.165, 1.54) is 7.11 Å². The molecule has 1 N–H and O–H groups in total. The first-order chi connectivity index (χ1) is 12.0. The van der Waals surface area contributed by atoms with Gasteiger partial charge in [-0.15, -0.1) is 0 Å². The quantitative estimate of drug-likeness (QED) is 0.786. The van der Waals surface area contributed by atoms with Crippen LogP contribution in [0.5, 0.6) is 5.75 Å². The Bertz CT molecular complexity index is 728. The van der Waals surface area contributed by atoms with Crippen molar-refractivity contribution in [3.05, 3.63) is 65.2 Å². The van der Waals surface area contributed by atoms with Gasteiger partial charge in [0.1, 0.15) is 11.3 Å². The number of nitrogens with one attached hydrogen (secondary N) is 1. The molecule has 1 atom stereocenters. The van der Waals surface area contributed by atoms with Crippen LogP contribution < -0.4 is 10.1 Å². The Kier molecular flexibility index (Phi) is 6.57. The molecule has 1 amide bonds. The van der Waals surface area contributed by atoms with E-state index in [9.17, 15) is 9.59 Å². The van der Waals surface area contributed by atoms with Crippen LogP contribution >= 0.6 is 0 Å². The number of aryl methyl sites for hydroxylation is 1. The number of hydrogen-bond donors (Lipinski definition) is 1. The van der Waals surface area contributed by atoms with E-state index in [-0.39, 0.29) is 18.4 Å². The second-order valence-corrected chi connectivity index (χ2v) is 5.90. The molecule has 0 spiro atoms. The van der Waals surface area contributed by atoms with E-state index in [1.54, 1.807) is 12.1 Å². The normalized spacial score (nSPS) is 11.5. The first-order valence-electron chi connectivity index (χ1n) is 8.14. The van der Waals surface area contributed by atoms with E-state index in [0.29, 0.717) is 17.9 Å². The van der Waals surface area contributed by atoms with Gasteiger partial charge < -0.3 is 14.8 Å². The van der Waals surface area contributed by atoms with E-state index < -0.39 is 5.97 Å². The van der Waals surface area contributed by atoms with Crippen LogP contribution in [0.4, 0.5) is 0 Å². The minimum absolute atomic E-state index is 0.178. The van der Waals surface area contributed by atoms with E-state index in [0.717, 1.165) is 11.1 Å². The van der Waals surface area contributed by atoms with E-state index >= 15 is 0 Å². The second kappa shape index (κ2) is 8.87. The highest BCUT2D eigenvalue weighted by atomic mass is 16.5. The zero-order valence-corrected chi connectivity index (χ0v) is 14.7. The Morgan fingerprint density at radius 2 is 1.84 bits per heavy atom. The molecular weight excluding hydrogens is 318 g/mol. The Morgan fingerprint density at radius 1 is 1.12 bits per heavy atom. The van der Waals surface area contributed by atoms with Crippen molar-refractivity contribution in [3.63, 3.8) is 0 Å². The molecule has 0 fully saturated rings. The number of benzene rings is 2. The average molecular weight is 341 g/mol. The maximum Gasteiger partial charge on any atom is 0.342 e. The third kappa shape index (κ3) is 5.35. The highest BCUT2D eigenvalue weighted by molar-refractivity contribution is 5.94. The van der Waals surface area contributed by atoms with Crippen LogP contribution in [0.1, 0.15) is 34.3 Å². The molecule has 0 unspecified atom stereocenters. The van der Waals surface area contributed by atoms with Crippen molar-refractivity contribution in [1.29, 1.82) is 0 Å². The maximum absolute atomic E-state index is 12.2.